The van der Waals surface area contributed by atoms with Gasteiger partial charge in [0.15, 0.2) is 5.13 Å². The van der Waals surface area contributed by atoms with E-state index in [1.165, 1.54) is 4.88 Å². The average molecular weight is 267 g/mol. The molecule has 1 aromatic rings. The molecule has 1 fully saturated rings. The third kappa shape index (κ3) is 2.28. The molecule has 0 aromatic carbocycles. The van der Waals surface area contributed by atoms with E-state index in [2.05, 4.69) is 15.6 Å². The number of rotatable bonds is 2. The summed E-state index contributed by atoms with van der Waals surface area (Å²) in [4.78, 5) is 17.8. The number of carbonyl (C=O) groups is 1. The first-order valence-corrected chi connectivity index (χ1v) is 7.17. The zero-order valence-electron chi connectivity index (χ0n) is 10.4. The van der Waals surface area contributed by atoms with Crippen LogP contribution in [0.15, 0.2) is 0 Å². The van der Waals surface area contributed by atoms with Crippen LogP contribution in [0.4, 0.5) is 5.13 Å². The predicted octanol–water partition coefficient (Wildman–Crippen LogP) is 1.15. The lowest BCUT2D eigenvalue weighted by atomic mass is 10.0. The number of hydrogen-bond donors (Lipinski definition) is 2. The van der Waals surface area contributed by atoms with Crippen molar-refractivity contribution in [3.63, 3.8) is 0 Å². The molecule has 98 valence electrons. The van der Waals surface area contributed by atoms with Crippen molar-refractivity contribution in [2.24, 2.45) is 5.92 Å². The Morgan fingerprint density at radius 2 is 2.50 bits per heavy atom. The van der Waals surface area contributed by atoms with Gasteiger partial charge in [0.25, 0.3) is 0 Å². The SMILES string of the molecule is CC1OCCC1C(=O)Nc1nc2c(s1)CNCC2. The Bertz CT molecular complexity index is 437. The van der Waals surface area contributed by atoms with Crippen LogP contribution in [0.3, 0.4) is 0 Å². The number of thiazole rings is 1. The van der Waals surface area contributed by atoms with Crippen molar-refractivity contribution in [2.45, 2.75) is 32.4 Å². The van der Waals surface area contributed by atoms with Gasteiger partial charge in [-0.25, -0.2) is 4.98 Å². The lowest BCUT2D eigenvalue weighted by Gasteiger charge is -2.12. The van der Waals surface area contributed by atoms with Crippen LogP contribution >= 0.6 is 11.3 Å². The van der Waals surface area contributed by atoms with E-state index in [1.54, 1.807) is 11.3 Å². The molecule has 1 aromatic heterocycles. The Morgan fingerprint density at radius 3 is 3.22 bits per heavy atom. The predicted molar refractivity (Wildman–Crippen MR) is 69.7 cm³/mol. The number of nitrogens with one attached hydrogen (secondary N) is 2. The normalized spacial score (nSPS) is 26.9. The van der Waals surface area contributed by atoms with Gasteiger partial charge in [0.1, 0.15) is 0 Å². The summed E-state index contributed by atoms with van der Waals surface area (Å²) in [6, 6.07) is 0. The highest BCUT2D eigenvalue weighted by Gasteiger charge is 2.31. The van der Waals surface area contributed by atoms with Crippen LogP contribution in [-0.4, -0.2) is 30.1 Å². The molecular formula is C12H17N3O2S. The van der Waals surface area contributed by atoms with Crippen molar-refractivity contribution in [3.8, 4) is 0 Å². The van der Waals surface area contributed by atoms with Gasteiger partial charge in [-0.1, -0.05) is 0 Å². The number of nitrogens with zero attached hydrogens (tertiary/aromatic N) is 1. The molecule has 2 aliphatic heterocycles. The van der Waals surface area contributed by atoms with E-state index in [0.717, 1.165) is 36.8 Å². The molecule has 1 amide bonds. The highest BCUT2D eigenvalue weighted by molar-refractivity contribution is 7.15. The topological polar surface area (TPSA) is 63.2 Å². The third-order valence-corrected chi connectivity index (χ3v) is 4.56. The number of ether oxygens (including phenoxy) is 1. The van der Waals surface area contributed by atoms with Gasteiger partial charge in [-0.2, -0.15) is 0 Å². The van der Waals surface area contributed by atoms with E-state index >= 15 is 0 Å². The minimum atomic E-state index is -0.0379. The molecule has 2 N–H and O–H groups in total. The van der Waals surface area contributed by atoms with Crippen LogP contribution in [-0.2, 0) is 22.5 Å². The maximum Gasteiger partial charge on any atom is 0.231 e. The van der Waals surface area contributed by atoms with Crippen molar-refractivity contribution < 1.29 is 9.53 Å². The van der Waals surface area contributed by atoms with Gasteiger partial charge in [-0.3, -0.25) is 4.79 Å². The minimum absolute atomic E-state index is 0.0150. The number of aromatic nitrogens is 1. The second-order valence-electron chi connectivity index (χ2n) is 4.78. The molecule has 3 rings (SSSR count). The second kappa shape index (κ2) is 4.95. The quantitative estimate of drug-likeness (QED) is 0.844. The summed E-state index contributed by atoms with van der Waals surface area (Å²) in [5.74, 6) is 0.00288. The van der Waals surface area contributed by atoms with Crippen molar-refractivity contribution in [3.05, 3.63) is 10.6 Å². The van der Waals surface area contributed by atoms with Crippen LogP contribution < -0.4 is 10.6 Å². The number of fused-ring (bicyclic) bond motifs is 1. The van der Waals surface area contributed by atoms with Crippen LogP contribution in [0, 0.1) is 5.92 Å². The first-order chi connectivity index (χ1) is 8.74. The largest absolute Gasteiger partial charge is 0.378 e. The van der Waals surface area contributed by atoms with Gasteiger partial charge in [-0.15, -0.1) is 11.3 Å². The Morgan fingerprint density at radius 1 is 1.61 bits per heavy atom. The molecule has 18 heavy (non-hydrogen) atoms. The second-order valence-corrected chi connectivity index (χ2v) is 5.86. The number of hydrogen-bond acceptors (Lipinski definition) is 5. The van der Waals surface area contributed by atoms with Crippen LogP contribution in [0.2, 0.25) is 0 Å². The monoisotopic (exact) mass is 267 g/mol. The van der Waals surface area contributed by atoms with E-state index in [-0.39, 0.29) is 17.9 Å². The van der Waals surface area contributed by atoms with Gasteiger partial charge >= 0.3 is 0 Å². The van der Waals surface area contributed by atoms with Gasteiger partial charge in [0.05, 0.1) is 17.7 Å². The Balaban J connectivity index is 1.68. The zero-order chi connectivity index (χ0) is 12.5. The molecule has 6 heteroatoms. The van der Waals surface area contributed by atoms with E-state index in [0.29, 0.717) is 6.61 Å². The number of anilines is 1. The van der Waals surface area contributed by atoms with Crippen molar-refractivity contribution in [1.82, 2.24) is 10.3 Å². The van der Waals surface area contributed by atoms with Crippen LogP contribution in [0.25, 0.3) is 0 Å². The summed E-state index contributed by atoms with van der Waals surface area (Å²) in [5.41, 5.74) is 1.13. The van der Waals surface area contributed by atoms with Crippen molar-refractivity contribution in [2.75, 3.05) is 18.5 Å². The Kier molecular flexibility index (Phi) is 3.32. The molecule has 2 atom stereocenters. The highest BCUT2D eigenvalue weighted by Crippen LogP contribution is 2.27. The molecule has 0 spiro atoms. The minimum Gasteiger partial charge on any atom is -0.378 e. The van der Waals surface area contributed by atoms with Crippen LogP contribution in [0.5, 0.6) is 0 Å². The summed E-state index contributed by atoms with van der Waals surface area (Å²) in [5, 5.41) is 6.97. The summed E-state index contributed by atoms with van der Waals surface area (Å²) in [6.07, 6.45) is 1.77. The molecule has 0 bridgehead atoms. The molecule has 5 nitrogen and oxygen atoms in total. The van der Waals surface area contributed by atoms with E-state index < -0.39 is 0 Å². The van der Waals surface area contributed by atoms with Gasteiger partial charge in [0, 0.05) is 31.0 Å². The number of carbonyl (C=O) groups excluding carboxylic acids is 1. The molecule has 0 radical (unpaired) electrons. The first kappa shape index (κ1) is 12.1. The lowest BCUT2D eigenvalue weighted by Crippen LogP contribution is -2.27. The molecule has 0 saturated carbocycles. The molecule has 2 unspecified atom stereocenters. The van der Waals surface area contributed by atoms with Gasteiger partial charge < -0.3 is 15.4 Å². The smallest absolute Gasteiger partial charge is 0.231 e. The molecular weight excluding hydrogens is 250 g/mol. The summed E-state index contributed by atoms with van der Waals surface area (Å²) >= 11 is 1.58. The molecule has 0 aliphatic carbocycles. The van der Waals surface area contributed by atoms with Gasteiger partial charge in [-0.05, 0) is 13.3 Å². The fourth-order valence-electron chi connectivity index (χ4n) is 2.45. The standard InChI is InChI=1S/C12H17N3O2S/c1-7-8(3-5-17-7)11(16)15-12-14-9-2-4-13-6-10(9)18-12/h7-8,13H,2-6H2,1H3,(H,14,15,16). The fraction of sp³-hybridized carbons (Fsp3) is 0.667. The van der Waals surface area contributed by atoms with E-state index in [1.807, 2.05) is 6.92 Å². The maximum atomic E-state index is 12.1. The molecule has 1 saturated heterocycles. The third-order valence-electron chi connectivity index (χ3n) is 3.55. The summed E-state index contributed by atoms with van der Waals surface area (Å²) in [7, 11) is 0. The summed E-state index contributed by atoms with van der Waals surface area (Å²) < 4.78 is 5.42. The van der Waals surface area contributed by atoms with E-state index in [9.17, 15) is 4.79 Å². The molecule has 2 aliphatic rings. The average Bonchev–Trinajstić information content (AvgIpc) is 2.94. The fourth-order valence-corrected chi connectivity index (χ4v) is 3.43. The zero-order valence-corrected chi connectivity index (χ0v) is 11.2. The number of amides is 1. The van der Waals surface area contributed by atoms with E-state index in [4.69, 9.17) is 4.74 Å². The van der Waals surface area contributed by atoms with Gasteiger partial charge in [0.2, 0.25) is 5.91 Å². The van der Waals surface area contributed by atoms with Crippen molar-refractivity contribution in [1.29, 1.82) is 0 Å². The molecule has 3 heterocycles. The van der Waals surface area contributed by atoms with Crippen molar-refractivity contribution >= 4 is 22.4 Å². The summed E-state index contributed by atoms with van der Waals surface area (Å²) in [6.45, 7) is 4.47. The maximum absolute atomic E-state index is 12.1. The lowest BCUT2D eigenvalue weighted by molar-refractivity contribution is -0.121. The van der Waals surface area contributed by atoms with Crippen LogP contribution in [0.1, 0.15) is 23.9 Å². The Hall–Kier alpha value is -0.980. The first-order valence-electron chi connectivity index (χ1n) is 6.36. The Labute approximate surface area is 110 Å². The highest BCUT2D eigenvalue weighted by atomic mass is 32.1.